The lowest BCUT2D eigenvalue weighted by molar-refractivity contribution is -0.115. The van der Waals surface area contributed by atoms with Crippen molar-refractivity contribution < 1.29 is 26.7 Å². The van der Waals surface area contributed by atoms with E-state index >= 15 is 0 Å². The SMILES string of the molecule is NS(=O)(=O)c1cc(NC(=O)Cc2ccccc2Cl)ccc1COc1ccc(F)cc1F. The summed E-state index contributed by atoms with van der Waals surface area (Å²) in [6.07, 6.45) is -0.0148. The molecule has 0 heterocycles. The second kappa shape index (κ2) is 9.42. The van der Waals surface area contributed by atoms with E-state index in [2.05, 4.69) is 5.32 Å². The van der Waals surface area contributed by atoms with Gasteiger partial charge in [-0.3, -0.25) is 4.79 Å². The number of primary sulfonamides is 1. The fourth-order valence-electron chi connectivity index (χ4n) is 2.78. The van der Waals surface area contributed by atoms with Crippen molar-refractivity contribution in [3.63, 3.8) is 0 Å². The van der Waals surface area contributed by atoms with Crippen LogP contribution in [0.25, 0.3) is 0 Å². The van der Waals surface area contributed by atoms with Gasteiger partial charge in [0.2, 0.25) is 15.9 Å². The maximum atomic E-state index is 13.7. The number of carbonyl (C=O) groups excluding carboxylic acids is 1. The molecule has 6 nitrogen and oxygen atoms in total. The van der Waals surface area contributed by atoms with Gasteiger partial charge in [0.25, 0.3) is 0 Å². The topological polar surface area (TPSA) is 98.5 Å². The standard InChI is InChI=1S/C21H17ClF2N2O4S/c22-17-4-2-1-3-13(17)9-21(27)26-16-7-5-14(20(11-16)31(25,28)29)12-30-19-8-6-15(23)10-18(19)24/h1-8,10-11H,9,12H2,(H,26,27)(H2,25,28,29). The molecule has 31 heavy (non-hydrogen) atoms. The average Bonchev–Trinajstić information content (AvgIpc) is 2.69. The first-order chi connectivity index (χ1) is 14.6. The molecule has 0 saturated heterocycles. The number of carbonyl (C=O) groups is 1. The minimum atomic E-state index is -4.18. The molecule has 0 fully saturated rings. The molecule has 0 aliphatic heterocycles. The van der Waals surface area contributed by atoms with Crippen molar-refractivity contribution >= 4 is 33.2 Å². The highest BCUT2D eigenvalue weighted by atomic mass is 35.5. The molecule has 162 valence electrons. The summed E-state index contributed by atoms with van der Waals surface area (Å²) in [6, 6.07) is 13.6. The smallest absolute Gasteiger partial charge is 0.238 e. The number of nitrogens with one attached hydrogen (secondary N) is 1. The van der Waals surface area contributed by atoms with Gasteiger partial charge in [-0.05, 0) is 35.9 Å². The summed E-state index contributed by atoms with van der Waals surface area (Å²) in [5, 5.41) is 8.30. The van der Waals surface area contributed by atoms with Gasteiger partial charge in [0.1, 0.15) is 12.4 Å². The van der Waals surface area contributed by atoms with Gasteiger partial charge in [0, 0.05) is 22.3 Å². The van der Waals surface area contributed by atoms with Crippen molar-refractivity contribution in [1.29, 1.82) is 0 Å². The predicted molar refractivity (Wildman–Crippen MR) is 112 cm³/mol. The molecule has 0 atom stereocenters. The quantitative estimate of drug-likeness (QED) is 0.549. The molecule has 0 aliphatic rings. The van der Waals surface area contributed by atoms with E-state index < -0.39 is 27.6 Å². The summed E-state index contributed by atoms with van der Waals surface area (Å²) < 4.78 is 56.0. The lowest BCUT2D eigenvalue weighted by Crippen LogP contribution is -2.18. The van der Waals surface area contributed by atoms with Crippen molar-refractivity contribution in [2.75, 3.05) is 5.32 Å². The molecule has 3 rings (SSSR count). The van der Waals surface area contributed by atoms with Crippen LogP contribution in [-0.2, 0) is 27.8 Å². The highest BCUT2D eigenvalue weighted by Crippen LogP contribution is 2.24. The minimum Gasteiger partial charge on any atom is -0.486 e. The Bertz CT molecular complexity index is 1240. The van der Waals surface area contributed by atoms with Crippen LogP contribution in [0, 0.1) is 11.6 Å². The van der Waals surface area contributed by atoms with Crippen LogP contribution in [0.4, 0.5) is 14.5 Å². The highest BCUT2D eigenvalue weighted by Gasteiger charge is 2.17. The van der Waals surface area contributed by atoms with Crippen LogP contribution >= 0.6 is 11.6 Å². The van der Waals surface area contributed by atoms with Gasteiger partial charge in [-0.1, -0.05) is 35.9 Å². The number of halogens is 3. The van der Waals surface area contributed by atoms with E-state index in [1.54, 1.807) is 24.3 Å². The van der Waals surface area contributed by atoms with Gasteiger partial charge in [0.15, 0.2) is 11.6 Å². The lowest BCUT2D eigenvalue weighted by atomic mass is 10.1. The molecule has 0 spiro atoms. The normalized spacial score (nSPS) is 11.2. The molecule has 10 heteroatoms. The summed E-state index contributed by atoms with van der Waals surface area (Å²) in [7, 11) is -4.18. The van der Waals surface area contributed by atoms with Gasteiger partial charge in [0.05, 0.1) is 11.3 Å². The van der Waals surface area contributed by atoms with Crippen LogP contribution in [-0.4, -0.2) is 14.3 Å². The Morgan fingerprint density at radius 2 is 1.77 bits per heavy atom. The molecule has 1 amide bonds. The van der Waals surface area contributed by atoms with E-state index in [4.69, 9.17) is 21.5 Å². The van der Waals surface area contributed by atoms with Crippen molar-refractivity contribution in [2.24, 2.45) is 5.14 Å². The summed E-state index contributed by atoms with van der Waals surface area (Å²) in [6.45, 7) is -0.345. The van der Waals surface area contributed by atoms with Crippen LogP contribution in [0.5, 0.6) is 5.75 Å². The van der Waals surface area contributed by atoms with Crippen LogP contribution < -0.4 is 15.2 Å². The van der Waals surface area contributed by atoms with Crippen molar-refractivity contribution in [2.45, 2.75) is 17.9 Å². The Labute approximate surface area is 182 Å². The third kappa shape index (κ3) is 6.00. The molecule has 3 aromatic rings. The number of anilines is 1. The summed E-state index contributed by atoms with van der Waals surface area (Å²) in [5.74, 6) is -2.36. The Balaban J connectivity index is 1.78. The van der Waals surface area contributed by atoms with E-state index in [0.717, 1.165) is 12.1 Å². The predicted octanol–water partition coefficient (Wildman–Crippen LogP) is 4.03. The van der Waals surface area contributed by atoms with Crippen LogP contribution in [0.2, 0.25) is 5.02 Å². The van der Waals surface area contributed by atoms with Gasteiger partial charge >= 0.3 is 0 Å². The zero-order chi connectivity index (χ0) is 22.6. The first kappa shape index (κ1) is 22.7. The van der Waals surface area contributed by atoms with E-state index in [0.29, 0.717) is 16.7 Å². The van der Waals surface area contributed by atoms with Crippen molar-refractivity contribution in [3.05, 3.63) is 88.4 Å². The molecule has 0 bridgehead atoms. The van der Waals surface area contributed by atoms with E-state index in [1.807, 2.05) is 0 Å². The molecule has 0 aliphatic carbocycles. The maximum Gasteiger partial charge on any atom is 0.238 e. The lowest BCUT2D eigenvalue weighted by Gasteiger charge is -2.13. The fraction of sp³-hybridized carbons (Fsp3) is 0.0952. The van der Waals surface area contributed by atoms with E-state index in [-0.39, 0.29) is 34.9 Å². The highest BCUT2D eigenvalue weighted by molar-refractivity contribution is 7.89. The van der Waals surface area contributed by atoms with Crippen LogP contribution in [0.1, 0.15) is 11.1 Å². The minimum absolute atomic E-state index is 0.0148. The number of sulfonamides is 1. The number of hydrogen-bond donors (Lipinski definition) is 2. The van der Waals surface area contributed by atoms with Gasteiger partial charge in [-0.25, -0.2) is 22.3 Å². The Morgan fingerprint density at radius 1 is 1.03 bits per heavy atom. The Kier molecular flexibility index (Phi) is 6.89. The van der Waals surface area contributed by atoms with Gasteiger partial charge < -0.3 is 10.1 Å². The first-order valence-corrected chi connectivity index (χ1v) is 10.8. The van der Waals surface area contributed by atoms with Crippen molar-refractivity contribution in [3.8, 4) is 5.75 Å². The molecule has 3 N–H and O–H groups in total. The molecule has 0 aromatic heterocycles. The zero-order valence-corrected chi connectivity index (χ0v) is 17.5. The Hall–Kier alpha value is -3.01. The second-order valence-corrected chi connectivity index (χ2v) is 8.48. The summed E-state index contributed by atoms with van der Waals surface area (Å²) >= 11 is 6.04. The average molecular weight is 467 g/mol. The molecule has 0 saturated carbocycles. The van der Waals surface area contributed by atoms with Gasteiger partial charge in [-0.15, -0.1) is 0 Å². The fourth-order valence-corrected chi connectivity index (χ4v) is 3.77. The molecular weight excluding hydrogens is 450 g/mol. The third-order valence-electron chi connectivity index (χ3n) is 4.24. The zero-order valence-electron chi connectivity index (χ0n) is 15.9. The monoisotopic (exact) mass is 466 g/mol. The molecular formula is C21H17ClF2N2O4S. The first-order valence-electron chi connectivity index (χ1n) is 8.90. The third-order valence-corrected chi connectivity index (χ3v) is 5.61. The number of rotatable bonds is 7. The maximum absolute atomic E-state index is 13.7. The van der Waals surface area contributed by atoms with E-state index in [1.165, 1.54) is 18.2 Å². The second-order valence-electron chi connectivity index (χ2n) is 6.55. The summed E-state index contributed by atoms with van der Waals surface area (Å²) in [5.41, 5.74) is 0.938. The van der Waals surface area contributed by atoms with Crippen molar-refractivity contribution in [1.82, 2.24) is 0 Å². The van der Waals surface area contributed by atoms with E-state index in [9.17, 15) is 22.0 Å². The number of benzene rings is 3. The van der Waals surface area contributed by atoms with Crippen LogP contribution in [0.3, 0.4) is 0 Å². The van der Waals surface area contributed by atoms with Crippen LogP contribution in [0.15, 0.2) is 65.6 Å². The number of hydrogen-bond acceptors (Lipinski definition) is 4. The molecule has 0 unspecified atom stereocenters. The Morgan fingerprint density at radius 3 is 2.45 bits per heavy atom. The number of nitrogens with two attached hydrogens (primary N) is 1. The number of ether oxygens (including phenoxy) is 1. The summed E-state index contributed by atoms with van der Waals surface area (Å²) in [4.78, 5) is 12.0. The molecule has 0 radical (unpaired) electrons. The largest absolute Gasteiger partial charge is 0.486 e. The molecule has 3 aromatic carbocycles. The van der Waals surface area contributed by atoms with Gasteiger partial charge in [-0.2, -0.15) is 0 Å². The number of amides is 1.